The highest BCUT2D eigenvalue weighted by molar-refractivity contribution is 6.04. The number of allylic oxidation sites excluding steroid dienone is 1. The third-order valence-corrected chi connectivity index (χ3v) is 7.83. The van der Waals surface area contributed by atoms with Gasteiger partial charge >= 0.3 is 18.2 Å². The summed E-state index contributed by atoms with van der Waals surface area (Å²) in [6.07, 6.45) is -3.84. The summed E-state index contributed by atoms with van der Waals surface area (Å²) in [4.78, 5) is 45.1. The number of anilines is 1. The SMILES string of the molecule is CCOC(=O)C1=C(C)N(c2cccc(C(F)(F)F)c2)C(=O)N(C)C1c1ccc(C#N)cc1C(=O)N1C[C@H]2C[C@@H]1CN2. The zero-order valence-electron chi connectivity index (χ0n) is 22.7. The molecule has 0 aromatic heterocycles. The average molecular weight is 568 g/mol. The zero-order chi connectivity index (χ0) is 29.6. The zero-order valence-corrected chi connectivity index (χ0v) is 22.7. The summed E-state index contributed by atoms with van der Waals surface area (Å²) < 4.78 is 45.8. The van der Waals surface area contributed by atoms with Gasteiger partial charge < -0.3 is 19.9 Å². The number of nitrogens with zero attached hydrogens (tertiary/aromatic N) is 4. The summed E-state index contributed by atoms with van der Waals surface area (Å²) >= 11 is 0. The third kappa shape index (κ3) is 4.91. The Kier molecular flexibility index (Phi) is 7.25. The molecule has 0 aliphatic carbocycles. The summed E-state index contributed by atoms with van der Waals surface area (Å²) in [6, 6.07) is 9.14. The minimum Gasteiger partial charge on any atom is -0.463 e. The lowest BCUT2D eigenvalue weighted by Gasteiger charge is -2.41. The molecule has 214 valence electrons. The van der Waals surface area contributed by atoms with E-state index in [0.29, 0.717) is 18.7 Å². The Balaban J connectivity index is 1.67. The Labute approximate surface area is 234 Å². The molecule has 0 radical (unpaired) electrons. The van der Waals surface area contributed by atoms with Gasteiger partial charge in [0.05, 0.1) is 41.1 Å². The van der Waals surface area contributed by atoms with E-state index < -0.39 is 29.8 Å². The summed E-state index contributed by atoms with van der Waals surface area (Å²) in [5.74, 6) is -1.10. The van der Waals surface area contributed by atoms with Crippen LogP contribution in [0.4, 0.5) is 23.7 Å². The molecule has 2 aromatic rings. The van der Waals surface area contributed by atoms with Crippen molar-refractivity contribution in [3.63, 3.8) is 0 Å². The number of nitriles is 1. The van der Waals surface area contributed by atoms with Crippen LogP contribution in [0.15, 0.2) is 53.7 Å². The number of likely N-dealkylation sites (tertiary alicyclic amines) is 1. The molecule has 5 rings (SSSR count). The van der Waals surface area contributed by atoms with Crippen LogP contribution in [0.3, 0.4) is 0 Å². The van der Waals surface area contributed by atoms with E-state index in [9.17, 15) is 32.8 Å². The Bertz CT molecular complexity index is 1500. The fraction of sp³-hybridized carbons (Fsp3) is 0.379. The second-order valence-electron chi connectivity index (χ2n) is 10.3. The van der Waals surface area contributed by atoms with E-state index in [1.165, 1.54) is 43.1 Å². The van der Waals surface area contributed by atoms with Crippen LogP contribution in [0, 0.1) is 11.3 Å². The van der Waals surface area contributed by atoms with E-state index in [1.807, 2.05) is 6.07 Å². The first-order valence-corrected chi connectivity index (χ1v) is 13.2. The van der Waals surface area contributed by atoms with E-state index in [2.05, 4.69) is 5.32 Å². The number of rotatable bonds is 5. The molecule has 9 nitrogen and oxygen atoms in total. The van der Waals surface area contributed by atoms with Gasteiger partial charge in [-0.15, -0.1) is 0 Å². The molecule has 3 aliphatic rings. The summed E-state index contributed by atoms with van der Waals surface area (Å²) in [5.41, 5.74) is -0.250. The van der Waals surface area contributed by atoms with Gasteiger partial charge in [0.25, 0.3) is 5.91 Å². The molecule has 1 unspecified atom stereocenters. The number of esters is 1. The molecule has 3 atom stereocenters. The maximum Gasteiger partial charge on any atom is 0.416 e. The fourth-order valence-electron chi connectivity index (χ4n) is 5.90. The molecule has 2 saturated heterocycles. The van der Waals surface area contributed by atoms with Crippen LogP contribution in [0.5, 0.6) is 0 Å². The highest BCUT2D eigenvalue weighted by Gasteiger charge is 2.45. The van der Waals surface area contributed by atoms with Gasteiger partial charge in [0.2, 0.25) is 0 Å². The Morgan fingerprint density at radius 1 is 1.20 bits per heavy atom. The van der Waals surface area contributed by atoms with Crippen molar-refractivity contribution < 1.29 is 32.3 Å². The number of piperazine rings is 1. The van der Waals surface area contributed by atoms with Crippen LogP contribution in [0.2, 0.25) is 0 Å². The smallest absolute Gasteiger partial charge is 0.416 e. The first-order chi connectivity index (χ1) is 19.5. The van der Waals surface area contributed by atoms with Gasteiger partial charge in [-0.05, 0) is 56.2 Å². The lowest BCUT2D eigenvalue weighted by Crippen LogP contribution is -2.50. The molecule has 1 N–H and O–H groups in total. The highest BCUT2D eigenvalue weighted by Crippen LogP contribution is 2.42. The number of carbonyl (C=O) groups is 3. The number of fused-ring (bicyclic) bond motifs is 2. The standard InChI is InChI=1S/C29H28F3N5O4/c1-4-41-27(39)24-16(2)37(20-7-5-6-18(11-20)29(30,31)32)28(40)35(3)25(24)22-9-8-17(13-33)10-23(22)26(38)36-15-19-12-21(36)14-34-19/h5-11,19,21,25,34H,4,12,14-15H2,1-3H3/t19-,21-,25?/m1/s1. The minimum absolute atomic E-state index is 0.00488. The molecule has 2 fully saturated rings. The summed E-state index contributed by atoms with van der Waals surface area (Å²) in [5, 5.41) is 12.9. The number of likely N-dealkylation sites (N-methyl/N-ethyl adjacent to an activating group) is 1. The average Bonchev–Trinajstić information content (AvgIpc) is 3.58. The van der Waals surface area contributed by atoms with Crippen LogP contribution in [-0.4, -0.2) is 66.5 Å². The van der Waals surface area contributed by atoms with E-state index in [-0.39, 0.29) is 52.7 Å². The monoisotopic (exact) mass is 567 g/mol. The topological polar surface area (TPSA) is 106 Å². The number of carbonyl (C=O) groups excluding carboxylic acids is 3. The van der Waals surface area contributed by atoms with E-state index in [0.717, 1.165) is 23.5 Å². The van der Waals surface area contributed by atoms with Gasteiger partial charge in [-0.1, -0.05) is 12.1 Å². The molecular formula is C29H28F3N5O4. The lowest BCUT2D eigenvalue weighted by atomic mass is 9.88. The number of hydrogen-bond donors (Lipinski definition) is 1. The van der Waals surface area contributed by atoms with Gasteiger partial charge in [-0.3, -0.25) is 9.69 Å². The van der Waals surface area contributed by atoms with Gasteiger partial charge in [-0.25, -0.2) is 9.59 Å². The number of hydrogen-bond acceptors (Lipinski definition) is 6. The maximum absolute atomic E-state index is 13.9. The Morgan fingerprint density at radius 2 is 1.95 bits per heavy atom. The van der Waals surface area contributed by atoms with Gasteiger partial charge in [0, 0.05) is 43.5 Å². The van der Waals surface area contributed by atoms with Crippen molar-refractivity contribution in [3.8, 4) is 6.07 Å². The second kappa shape index (κ2) is 10.6. The number of benzene rings is 2. The first-order valence-electron chi connectivity index (χ1n) is 13.2. The van der Waals surface area contributed by atoms with Crippen molar-refractivity contribution in [2.75, 3.05) is 31.6 Å². The minimum atomic E-state index is -4.65. The molecule has 2 bridgehead atoms. The normalized spacial score (nSPS) is 22.3. The second-order valence-corrected chi connectivity index (χ2v) is 10.3. The van der Waals surface area contributed by atoms with E-state index in [1.54, 1.807) is 17.9 Å². The summed E-state index contributed by atoms with van der Waals surface area (Å²) in [7, 11) is 1.41. The maximum atomic E-state index is 13.9. The van der Waals surface area contributed by atoms with Crippen LogP contribution < -0.4 is 10.2 Å². The summed E-state index contributed by atoms with van der Waals surface area (Å²) in [6.45, 7) is 4.21. The number of ether oxygens (including phenoxy) is 1. The Morgan fingerprint density at radius 3 is 2.56 bits per heavy atom. The molecule has 3 amide bonds. The van der Waals surface area contributed by atoms with Crippen LogP contribution in [0.25, 0.3) is 0 Å². The first kappa shape index (κ1) is 28.2. The molecule has 3 aliphatic heterocycles. The molecule has 3 heterocycles. The van der Waals surface area contributed by atoms with Gasteiger partial charge in [-0.2, -0.15) is 18.4 Å². The highest BCUT2D eigenvalue weighted by atomic mass is 19.4. The van der Waals surface area contributed by atoms with E-state index in [4.69, 9.17) is 4.74 Å². The van der Waals surface area contributed by atoms with Crippen molar-refractivity contribution in [3.05, 3.63) is 76.0 Å². The predicted octanol–water partition coefficient (Wildman–Crippen LogP) is 4.21. The third-order valence-electron chi connectivity index (χ3n) is 7.83. The quantitative estimate of drug-likeness (QED) is 0.543. The molecule has 0 spiro atoms. The number of nitrogens with one attached hydrogen (secondary N) is 1. The van der Waals surface area contributed by atoms with E-state index >= 15 is 0 Å². The molecule has 2 aromatic carbocycles. The van der Waals surface area contributed by atoms with Crippen molar-refractivity contribution in [1.29, 1.82) is 5.26 Å². The van der Waals surface area contributed by atoms with Gasteiger partial charge in [0.1, 0.15) is 0 Å². The Hall–Kier alpha value is -4.37. The van der Waals surface area contributed by atoms with Crippen molar-refractivity contribution in [2.24, 2.45) is 0 Å². The van der Waals surface area contributed by atoms with Crippen molar-refractivity contribution in [2.45, 2.75) is 44.6 Å². The number of amides is 3. The number of alkyl halides is 3. The largest absolute Gasteiger partial charge is 0.463 e. The van der Waals surface area contributed by atoms with Crippen molar-refractivity contribution >= 4 is 23.6 Å². The van der Waals surface area contributed by atoms with Crippen molar-refractivity contribution in [1.82, 2.24) is 15.1 Å². The number of halogens is 3. The van der Waals surface area contributed by atoms with Gasteiger partial charge in [0.15, 0.2) is 0 Å². The molecule has 12 heteroatoms. The number of urea groups is 1. The lowest BCUT2D eigenvalue weighted by molar-refractivity contribution is -0.139. The predicted molar refractivity (Wildman–Crippen MR) is 142 cm³/mol. The fourth-order valence-corrected chi connectivity index (χ4v) is 5.90. The van der Waals surface area contributed by atoms with Crippen LogP contribution in [0.1, 0.15) is 53.4 Å². The van der Waals surface area contributed by atoms with Crippen LogP contribution in [-0.2, 0) is 15.7 Å². The molecule has 41 heavy (non-hydrogen) atoms. The van der Waals surface area contributed by atoms with Crippen LogP contribution >= 0.6 is 0 Å². The molecule has 0 saturated carbocycles. The molecular weight excluding hydrogens is 539 g/mol.